The second kappa shape index (κ2) is 4.65. The average molecular weight is 210 g/mol. The van der Waals surface area contributed by atoms with E-state index >= 15 is 0 Å². The molecule has 2 aliphatic rings. The van der Waals surface area contributed by atoms with Gasteiger partial charge in [0.25, 0.3) is 0 Å². The van der Waals surface area contributed by atoms with Crippen molar-refractivity contribution in [3.63, 3.8) is 0 Å². The van der Waals surface area contributed by atoms with Gasteiger partial charge in [-0.1, -0.05) is 13.3 Å². The number of nitrogens with one attached hydrogen (secondary N) is 1. The second-order valence-electron chi connectivity index (χ2n) is 5.59. The second-order valence-corrected chi connectivity index (χ2v) is 5.59. The lowest BCUT2D eigenvalue weighted by atomic mass is 9.87. The van der Waals surface area contributed by atoms with Gasteiger partial charge in [0.05, 0.1) is 31.0 Å². The van der Waals surface area contributed by atoms with Gasteiger partial charge in [0.15, 0.2) is 0 Å². The highest BCUT2D eigenvalue weighted by molar-refractivity contribution is 5.81. The van der Waals surface area contributed by atoms with E-state index in [1.165, 1.54) is 32.1 Å². The summed E-state index contributed by atoms with van der Waals surface area (Å²) >= 11 is 0. The smallest absolute Gasteiger partial charge is 0.147 e. The molecule has 0 spiro atoms. The van der Waals surface area contributed by atoms with Gasteiger partial charge in [0, 0.05) is 0 Å². The molecule has 15 heavy (non-hydrogen) atoms. The molecule has 0 amide bonds. The van der Waals surface area contributed by atoms with Crippen LogP contribution in [0.15, 0.2) is 0 Å². The molecule has 1 unspecified atom stereocenters. The lowest BCUT2D eigenvalue weighted by molar-refractivity contribution is -0.953. The number of hydrogen-bond acceptors (Lipinski definition) is 1. The van der Waals surface area contributed by atoms with Crippen molar-refractivity contribution in [2.75, 3.05) is 6.54 Å². The maximum atomic E-state index is 11.6. The molecule has 1 aliphatic heterocycles. The van der Waals surface area contributed by atoms with Gasteiger partial charge < -0.3 is 4.90 Å². The quantitative estimate of drug-likeness (QED) is 0.690. The Morgan fingerprint density at radius 1 is 1.13 bits per heavy atom. The molecule has 86 valence electrons. The minimum Gasteiger partial charge on any atom is -0.329 e. The van der Waals surface area contributed by atoms with Gasteiger partial charge in [0.2, 0.25) is 0 Å². The first-order valence-electron chi connectivity index (χ1n) is 6.56. The van der Waals surface area contributed by atoms with Crippen LogP contribution in [0, 0.1) is 5.92 Å². The van der Waals surface area contributed by atoms with E-state index in [1.54, 1.807) is 4.90 Å². The van der Waals surface area contributed by atoms with Gasteiger partial charge in [-0.05, 0) is 32.6 Å². The Bertz CT molecular complexity index is 233. The van der Waals surface area contributed by atoms with Crippen molar-refractivity contribution in [2.45, 2.75) is 64.5 Å². The third-order valence-electron chi connectivity index (χ3n) is 4.36. The molecule has 0 bridgehead atoms. The van der Waals surface area contributed by atoms with E-state index in [-0.39, 0.29) is 0 Å². The van der Waals surface area contributed by atoms with E-state index in [4.69, 9.17) is 0 Å². The highest BCUT2D eigenvalue weighted by Gasteiger charge is 2.37. The molecule has 1 N–H and O–H groups in total. The van der Waals surface area contributed by atoms with Crippen LogP contribution in [-0.4, -0.2) is 24.4 Å². The number of carbonyl (C=O) groups is 1. The van der Waals surface area contributed by atoms with E-state index in [9.17, 15) is 4.79 Å². The highest BCUT2D eigenvalue weighted by atomic mass is 16.1. The van der Waals surface area contributed by atoms with Gasteiger partial charge in [-0.3, -0.25) is 4.79 Å². The first-order chi connectivity index (χ1) is 7.18. The van der Waals surface area contributed by atoms with E-state index in [0.717, 1.165) is 19.0 Å². The zero-order chi connectivity index (χ0) is 10.8. The predicted octanol–water partition coefficient (Wildman–Crippen LogP) is 1.20. The lowest BCUT2D eigenvalue weighted by Crippen LogP contribution is -3.20. The van der Waals surface area contributed by atoms with Crippen LogP contribution < -0.4 is 4.90 Å². The summed E-state index contributed by atoms with van der Waals surface area (Å²) in [5, 5.41) is 0. The maximum absolute atomic E-state index is 11.6. The number of quaternary nitrogens is 1. The molecule has 1 saturated heterocycles. The number of rotatable bonds is 1. The lowest BCUT2D eigenvalue weighted by Gasteiger charge is -2.39. The molecule has 1 saturated carbocycles. The Morgan fingerprint density at radius 2 is 1.80 bits per heavy atom. The fourth-order valence-electron chi connectivity index (χ4n) is 3.35. The Balaban J connectivity index is 1.98. The molecule has 0 aromatic heterocycles. The molecule has 2 rings (SSSR count). The van der Waals surface area contributed by atoms with Crippen LogP contribution in [0.1, 0.15) is 52.4 Å². The van der Waals surface area contributed by atoms with Crippen LogP contribution in [0.3, 0.4) is 0 Å². The van der Waals surface area contributed by atoms with Crippen molar-refractivity contribution in [2.24, 2.45) is 5.92 Å². The van der Waals surface area contributed by atoms with Crippen molar-refractivity contribution < 1.29 is 9.69 Å². The number of ketones is 1. The maximum Gasteiger partial charge on any atom is 0.147 e. The average Bonchev–Trinajstić information content (AvgIpc) is 2.25. The summed E-state index contributed by atoms with van der Waals surface area (Å²) in [5.41, 5.74) is 0. The van der Waals surface area contributed by atoms with Crippen LogP contribution in [0.5, 0.6) is 0 Å². The van der Waals surface area contributed by atoms with E-state index in [0.29, 0.717) is 17.7 Å². The van der Waals surface area contributed by atoms with Crippen LogP contribution in [0.2, 0.25) is 0 Å². The zero-order valence-electron chi connectivity index (χ0n) is 10.1. The van der Waals surface area contributed by atoms with Crippen LogP contribution in [-0.2, 0) is 4.79 Å². The highest BCUT2D eigenvalue weighted by Crippen LogP contribution is 2.17. The molecule has 2 nitrogen and oxygen atoms in total. The molecule has 0 aromatic carbocycles. The van der Waals surface area contributed by atoms with Gasteiger partial charge >= 0.3 is 0 Å². The van der Waals surface area contributed by atoms with E-state index < -0.39 is 0 Å². The van der Waals surface area contributed by atoms with Gasteiger partial charge in [-0.2, -0.15) is 0 Å². The molecule has 2 fully saturated rings. The van der Waals surface area contributed by atoms with E-state index in [1.807, 2.05) is 0 Å². The molecular formula is C13H24NO+. The predicted molar refractivity (Wildman–Crippen MR) is 61.0 cm³/mol. The Labute approximate surface area is 93.0 Å². The fraction of sp³-hybridized carbons (Fsp3) is 0.923. The molecule has 3 atom stereocenters. The van der Waals surface area contributed by atoms with Gasteiger partial charge in [-0.15, -0.1) is 0 Å². The summed E-state index contributed by atoms with van der Waals surface area (Å²) < 4.78 is 0. The number of carbonyl (C=O) groups excluding carboxylic acids is 1. The third kappa shape index (κ3) is 2.41. The largest absolute Gasteiger partial charge is 0.329 e. The molecule has 0 radical (unpaired) electrons. The minimum absolute atomic E-state index is 0.304. The Morgan fingerprint density at radius 3 is 2.47 bits per heavy atom. The molecule has 0 aromatic rings. The monoisotopic (exact) mass is 210 g/mol. The van der Waals surface area contributed by atoms with Crippen LogP contribution in [0.25, 0.3) is 0 Å². The topological polar surface area (TPSA) is 21.5 Å². The molecule has 1 heterocycles. The van der Waals surface area contributed by atoms with Crippen molar-refractivity contribution in [3.8, 4) is 0 Å². The summed E-state index contributed by atoms with van der Waals surface area (Å²) in [7, 11) is 0. The zero-order valence-corrected chi connectivity index (χ0v) is 10.1. The van der Waals surface area contributed by atoms with Gasteiger partial charge in [0.1, 0.15) is 5.78 Å². The Hall–Kier alpha value is -0.370. The van der Waals surface area contributed by atoms with E-state index in [2.05, 4.69) is 13.8 Å². The minimum atomic E-state index is 0.304. The molecule has 2 heteroatoms. The summed E-state index contributed by atoms with van der Waals surface area (Å²) in [6.45, 7) is 5.45. The Kier molecular flexibility index (Phi) is 3.45. The van der Waals surface area contributed by atoms with Crippen molar-refractivity contribution >= 4 is 5.78 Å². The number of piperidine rings is 1. The van der Waals surface area contributed by atoms with Crippen LogP contribution in [0.4, 0.5) is 0 Å². The van der Waals surface area contributed by atoms with Crippen LogP contribution >= 0.6 is 0 Å². The SMILES string of the molecule is C[C@H]1C[NH+](C2CCCCC2)[C@@H](C)CC1=O. The van der Waals surface area contributed by atoms with Crippen molar-refractivity contribution in [3.05, 3.63) is 0 Å². The first kappa shape index (κ1) is 11.1. The summed E-state index contributed by atoms with van der Waals surface area (Å²) in [4.78, 5) is 13.3. The van der Waals surface area contributed by atoms with Gasteiger partial charge in [-0.25, -0.2) is 0 Å². The summed E-state index contributed by atoms with van der Waals surface area (Å²) in [6, 6.07) is 1.42. The number of likely N-dealkylation sites (tertiary alicyclic amines) is 1. The fourth-order valence-corrected chi connectivity index (χ4v) is 3.35. The summed E-state index contributed by atoms with van der Waals surface area (Å²) in [5.74, 6) is 0.792. The standard InChI is InChI=1S/C13H23NO/c1-10-9-14(11(2)8-13(10)15)12-6-4-3-5-7-12/h10-12H,3-9H2,1-2H3/p+1/t10-,11-/m0/s1. The number of Topliss-reactive ketones (excluding diaryl/α,β-unsaturated/α-hetero) is 1. The first-order valence-corrected chi connectivity index (χ1v) is 6.56. The number of hydrogen-bond donors (Lipinski definition) is 1. The third-order valence-corrected chi connectivity index (χ3v) is 4.36. The molecule has 1 aliphatic carbocycles. The molecular weight excluding hydrogens is 186 g/mol. The van der Waals surface area contributed by atoms with Crippen molar-refractivity contribution in [1.82, 2.24) is 0 Å². The normalized spacial score (nSPS) is 39.3. The summed E-state index contributed by atoms with van der Waals surface area (Å²) in [6.07, 6.45) is 7.83. The van der Waals surface area contributed by atoms with Crippen molar-refractivity contribution in [1.29, 1.82) is 0 Å².